The first-order valence-electron chi connectivity index (χ1n) is 7.64. The Labute approximate surface area is 158 Å². The van der Waals surface area contributed by atoms with Crippen molar-refractivity contribution in [3.8, 4) is 5.75 Å². The summed E-state index contributed by atoms with van der Waals surface area (Å²) in [6.45, 7) is -0.369. The molecule has 3 rings (SSSR count). The van der Waals surface area contributed by atoms with Crippen molar-refractivity contribution in [2.75, 3.05) is 13.7 Å². The highest BCUT2D eigenvalue weighted by atomic mass is 35.5. The molecule has 1 heterocycles. The van der Waals surface area contributed by atoms with Crippen LogP contribution < -0.4 is 4.74 Å². The second kappa shape index (κ2) is 8.12. The number of halogens is 1. The lowest BCUT2D eigenvalue weighted by Gasteiger charge is -2.05. The maximum atomic E-state index is 12.1. The van der Waals surface area contributed by atoms with Crippen molar-refractivity contribution in [2.45, 2.75) is 0 Å². The topological polar surface area (TPSA) is 65.5 Å². The number of hydrogen-bond donors (Lipinski definition) is 0. The van der Waals surface area contributed by atoms with Gasteiger partial charge in [0.25, 0.3) is 0 Å². The number of hydrogen-bond acceptors (Lipinski definition) is 6. The molecule has 0 aliphatic rings. The van der Waals surface area contributed by atoms with Gasteiger partial charge in [0.15, 0.2) is 12.4 Å². The quantitative estimate of drug-likeness (QED) is 0.356. The Morgan fingerprint density at radius 3 is 2.77 bits per heavy atom. The minimum atomic E-state index is -0.614. The first kappa shape index (κ1) is 18.1. The van der Waals surface area contributed by atoms with Gasteiger partial charge in [-0.15, -0.1) is 11.3 Å². The van der Waals surface area contributed by atoms with Crippen LogP contribution in [0.4, 0.5) is 0 Å². The number of rotatable bonds is 6. The maximum absolute atomic E-state index is 12.1. The van der Waals surface area contributed by atoms with Crippen molar-refractivity contribution in [2.24, 2.45) is 0 Å². The van der Waals surface area contributed by atoms with Gasteiger partial charge < -0.3 is 9.47 Å². The van der Waals surface area contributed by atoms with E-state index in [9.17, 15) is 9.59 Å². The number of ether oxygens (including phenoxy) is 2. The van der Waals surface area contributed by atoms with Crippen molar-refractivity contribution >= 4 is 51.0 Å². The van der Waals surface area contributed by atoms with E-state index in [4.69, 9.17) is 21.1 Å². The predicted octanol–water partition coefficient (Wildman–Crippen LogP) is 4.40. The van der Waals surface area contributed by atoms with Crippen molar-refractivity contribution in [1.82, 2.24) is 4.98 Å². The molecule has 1 aromatic heterocycles. The highest BCUT2D eigenvalue weighted by Gasteiger charge is 2.11. The Kier molecular flexibility index (Phi) is 5.65. The van der Waals surface area contributed by atoms with Gasteiger partial charge in [0, 0.05) is 11.6 Å². The Morgan fingerprint density at radius 2 is 2.04 bits per heavy atom. The molecule has 26 heavy (non-hydrogen) atoms. The molecule has 5 nitrogen and oxygen atoms in total. The second-order valence-corrected chi connectivity index (χ2v) is 6.70. The maximum Gasteiger partial charge on any atom is 0.331 e. The van der Waals surface area contributed by atoms with Crippen LogP contribution in [-0.2, 0) is 9.53 Å². The van der Waals surface area contributed by atoms with E-state index >= 15 is 0 Å². The van der Waals surface area contributed by atoms with Gasteiger partial charge in [-0.3, -0.25) is 4.79 Å². The zero-order chi connectivity index (χ0) is 18.5. The van der Waals surface area contributed by atoms with Crippen LogP contribution >= 0.6 is 22.9 Å². The molecule has 0 bridgehead atoms. The molecule has 7 heteroatoms. The number of ketones is 1. The molecule has 3 aromatic rings. The summed E-state index contributed by atoms with van der Waals surface area (Å²) in [5.74, 6) is -0.493. The van der Waals surface area contributed by atoms with Gasteiger partial charge >= 0.3 is 5.97 Å². The average molecular weight is 388 g/mol. The van der Waals surface area contributed by atoms with Crippen LogP contribution in [-0.4, -0.2) is 30.5 Å². The number of esters is 1. The molecule has 0 amide bonds. The predicted molar refractivity (Wildman–Crippen MR) is 102 cm³/mol. The Bertz CT molecular complexity index is 963. The zero-order valence-electron chi connectivity index (χ0n) is 13.8. The van der Waals surface area contributed by atoms with Crippen LogP contribution in [0.5, 0.6) is 5.75 Å². The van der Waals surface area contributed by atoms with Crippen LogP contribution in [0, 0.1) is 0 Å². The third kappa shape index (κ3) is 4.28. The lowest BCUT2D eigenvalue weighted by Crippen LogP contribution is -2.12. The van der Waals surface area contributed by atoms with Gasteiger partial charge in [0.05, 0.1) is 22.3 Å². The van der Waals surface area contributed by atoms with E-state index in [1.165, 1.54) is 30.6 Å². The number of fused-ring (bicyclic) bond motifs is 1. The number of carbonyl (C=O) groups is 2. The van der Waals surface area contributed by atoms with Gasteiger partial charge in [-0.1, -0.05) is 23.7 Å². The number of para-hydroxylation sites is 1. The molecule has 0 aliphatic carbocycles. The van der Waals surface area contributed by atoms with Gasteiger partial charge in [-0.2, -0.15) is 0 Å². The number of nitrogens with zero attached hydrogens (tertiary/aromatic N) is 1. The summed E-state index contributed by atoms with van der Waals surface area (Å²) >= 11 is 7.45. The summed E-state index contributed by atoms with van der Waals surface area (Å²) in [5, 5.41) is 1.01. The van der Waals surface area contributed by atoms with E-state index in [2.05, 4.69) is 4.98 Å². The fraction of sp³-hybridized carbons (Fsp3) is 0.105. The largest absolute Gasteiger partial charge is 0.495 e. The molecule has 0 unspecified atom stereocenters. The second-order valence-electron chi connectivity index (χ2n) is 5.23. The van der Waals surface area contributed by atoms with E-state index in [-0.39, 0.29) is 12.4 Å². The van der Waals surface area contributed by atoms with Gasteiger partial charge in [-0.25, -0.2) is 9.78 Å². The minimum absolute atomic E-state index is 0.320. The number of benzene rings is 2. The molecule has 0 radical (unpaired) electrons. The summed E-state index contributed by atoms with van der Waals surface area (Å²) in [4.78, 5) is 28.3. The first-order valence-corrected chi connectivity index (χ1v) is 8.83. The summed E-state index contributed by atoms with van der Waals surface area (Å²) in [5.41, 5.74) is 1.22. The van der Waals surface area contributed by atoms with Gasteiger partial charge in [-0.05, 0) is 36.4 Å². The molecule has 0 aliphatic heterocycles. The van der Waals surface area contributed by atoms with Crippen LogP contribution in [0.2, 0.25) is 5.02 Å². The van der Waals surface area contributed by atoms with E-state index in [0.717, 1.165) is 10.2 Å². The van der Waals surface area contributed by atoms with Crippen molar-refractivity contribution in [3.63, 3.8) is 0 Å². The Balaban J connectivity index is 1.58. The van der Waals surface area contributed by atoms with Crippen molar-refractivity contribution < 1.29 is 19.1 Å². The van der Waals surface area contributed by atoms with E-state index in [1.807, 2.05) is 24.3 Å². The van der Waals surface area contributed by atoms with E-state index in [1.54, 1.807) is 18.2 Å². The van der Waals surface area contributed by atoms with E-state index in [0.29, 0.717) is 21.3 Å². The normalized spacial score (nSPS) is 11.0. The van der Waals surface area contributed by atoms with Crippen LogP contribution in [0.15, 0.2) is 48.5 Å². The molecule has 0 atom stereocenters. The third-order valence-electron chi connectivity index (χ3n) is 3.49. The van der Waals surface area contributed by atoms with Gasteiger partial charge in [0.2, 0.25) is 0 Å². The van der Waals surface area contributed by atoms with Crippen LogP contribution in [0.3, 0.4) is 0 Å². The fourth-order valence-corrected chi connectivity index (χ4v) is 3.34. The zero-order valence-corrected chi connectivity index (χ0v) is 15.3. The highest BCUT2D eigenvalue weighted by Crippen LogP contribution is 2.25. The molecule has 0 spiro atoms. The van der Waals surface area contributed by atoms with Gasteiger partial charge in [0.1, 0.15) is 10.8 Å². The molecule has 0 saturated carbocycles. The fourth-order valence-electron chi connectivity index (χ4n) is 2.21. The molecule has 132 valence electrons. The van der Waals surface area contributed by atoms with E-state index < -0.39 is 5.97 Å². The average Bonchev–Trinajstić information content (AvgIpc) is 3.07. The summed E-state index contributed by atoms with van der Waals surface area (Å²) in [6, 6.07) is 12.3. The lowest BCUT2D eigenvalue weighted by atomic mass is 10.1. The SMILES string of the molecule is COc1ccc(C(=O)COC(=O)/C=C/c2nc3ccccc3s2)cc1Cl. The molecule has 0 fully saturated rings. The number of Topliss-reactive ketones (excluding diaryl/α,β-unsaturated/α-hetero) is 1. The number of methoxy groups -OCH3 is 1. The highest BCUT2D eigenvalue weighted by molar-refractivity contribution is 7.19. The molecule has 0 saturated heterocycles. The number of aromatic nitrogens is 1. The Hall–Kier alpha value is -2.70. The monoisotopic (exact) mass is 387 g/mol. The summed E-state index contributed by atoms with van der Waals surface area (Å²) in [6.07, 6.45) is 2.83. The molecular formula is C19H14ClNO4S. The smallest absolute Gasteiger partial charge is 0.331 e. The summed E-state index contributed by atoms with van der Waals surface area (Å²) < 4.78 is 11.0. The van der Waals surface area contributed by atoms with Crippen molar-refractivity contribution in [3.05, 3.63) is 64.1 Å². The first-order chi connectivity index (χ1) is 12.6. The molecule has 0 N–H and O–H groups in total. The standard InChI is InChI=1S/C19H14ClNO4S/c1-24-16-7-6-12(10-13(16)20)15(22)11-25-19(23)9-8-18-21-14-4-2-3-5-17(14)26-18/h2-10H,11H2,1H3/b9-8+. The summed E-state index contributed by atoms with van der Waals surface area (Å²) in [7, 11) is 1.49. The van der Waals surface area contributed by atoms with Crippen LogP contribution in [0.25, 0.3) is 16.3 Å². The molecule has 2 aromatic carbocycles. The number of thiazole rings is 1. The molecular weight excluding hydrogens is 374 g/mol. The minimum Gasteiger partial charge on any atom is -0.495 e. The van der Waals surface area contributed by atoms with Crippen molar-refractivity contribution in [1.29, 1.82) is 0 Å². The number of carbonyl (C=O) groups excluding carboxylic acids is 2. The third-order valence-corrected chi connectivity index (χ3v) is 4.79. The lowest BCUT2D eigenvalue weighted by molar-refractivity contribution is -0.136. The Morgan fingerprint density at radius 1 is 1.23 bits per heavy atom. The van der Waals surface area contributed by atoms with Crippen LogP contribution in [0.1, 0.15) is 15.4 Å².